The summed E-state index contributed by atoms with van der Waals surface area (Å²) >= 11 is 0. The molecule has 2 aromatic carbocycles. The van der Waals surface area contributed by atoms with Crippen LogP contribution in [-0.2, 0) is 26.0 Å². The highest BCUT2D eigenvalue weighted by molar-refractivity contribution is 7.89. The van der Waals surface area contributed by atoms with Gasteiger partial charge in [0.2, 0.25) is 21.8 Å². The average Bonchev–Trinajstić information content (AvgIpc) is 2.74. The molecule has 1 fully saturated rings. The van der Waals surface area contributed by atoms with E-state index in [0.29, 0.717) is 25.9 Å². The number of likely N-dealkylation sites (tertiary alicyclic amines) is 1. The van der Waals surface area contributed by atoms with Gasteiger partial charge in [-0.3, -0.25) is 9.59 Å². The molecule has 0 aliphatic carbocycles. The van der Waals surface area contributed by atoms with Gasteiger partial charge in [-0.1, -0.05) is 48.5 Å². The Morgan fingerprint density at radius 2 is 1.55 bits per heavy atom. The molecule has 0 radical (unpaired) electrons. The van der Waals surface area contributed by atoms with Crippen molar-refractivity contribution in [2.75, 3.05) is 13.1 Å². The fourth-order valence-electron chi connectivity index (χ4n) is 3.49. The molecule has 0 bridgehead atoms. The maximum Gasteiger partial charge on any atom is 0.241 e. The Morgan fingerprint density at radius 1 is 1.00 bits per heavy atom. The number of sulfonamides is 1. The van der Waals surface area contributed by atoms with Crippen LogP contribution < -0.4 is 10.5 Å². The van der Waals surface area contributed by atoms with Crippen LogP contribution in [0, 0.1) is 5.92 Å². The van der Waals surface area contributed by atoms with Crippen molar-refractivity contribution in [1.29, 1.82) is 0 Å². The van der Waals surface area contributed by atoms with Crippen molar-refractivity contribution in [2.24, 2.45) is 11.7 Å². The first-order valence-electron chi connectivity index (χ1n) is 9.56. The number of rotatable bonds is 7. The van der Waals surface area contributed by atoms with Crippen LogP contribution in [0.1, 0.15) is 18.4 Å². The summed E-state index contributed by atoms with van der Waals surface area (Å²) in [4.78, 5) is 26.3. The number of hydrogen-bond donors (Lipinski definition) is 2. The Labute approximate surface area is 171 Å². The maximum absolute atomic E-state index is 13.2. The van der Waals surface area contributed by atoms with E-state index in [0.717, 1.165) is 5.56 Å². The lowest BCUT2D eigenvalue weighted by atomic mass is 9.95. The zero-order valence-electron chi connectivity index (χ0n) is 16.0. The molecule has 7 nitrogen and oxygen atoms in total. The molecule has 8 heteroatoms. The summed E-state index contributed by atoms with van der Waals surface area (Å²) in [6.07, 6.45) is 1.22. The van der Waals surface area contributed by atoms with Crippen LogP contribution in [0.15, 0.2) is 65.6 Å². The molecule has 0 aromatic heterocycles. The van der Waals surface area contributed by atoms with E-state index in [4.69, 9.17) is 5.73 Å². The van der Waals surface area contributed by atoms with E-state index in [2.05, 4.69) is 4.72 Å². The van der Waals surface area contributed by atoms with Crippen LogP contribution in [-0.4, -0.2) is 44.3 Å². The molecule has 1 atom stereocenters. The summed E-state index contributed by atoms with van der Waals surface area (Å²) in [6, 6.07) is 16.3. The fraction of sp³-hybridized carbons (Fsp3) is 0.333. The van der Waals surface area contributed by atoms with E-state index in [1.54, 1.807) is 23.1 Å². The smallest absolute Gasteiger partial charge is 0.241 e. The summed E-state index contributed by atoms with van der Waals surface area (Å²) in [5.74, 6) is -0.897. The molecule has 1 aliphatic heterocycles. The van der Waals surface area contributed by atoms with Gasteiger partial charge >= 0.3 is 0 Å². The van der Waals surface area contributed by atoms with Crippen molar-refractivity contribution in [3.8, 4) is 0 Å². The number of carbonyl (C=O) groups excluding carboxylic acids is 2. The highest BCUT2D eigenvalue weighted by atomic mass is 32.2. The van der Waals surface area contributed by atoms with Gasteiger partial charge in [-0.05, 0) is 37.0 Å². The Hall–Kier alpha value is -2.71. The summed E-state index contributed by atoms with van der Waals surface area (Å²) in [5, 5.41) is 0. The second-order valence-corrected chi connectivity index (χ2v) is 8.89. The molecular weight excluding hydrogens is 390 g/mol. The largest absolute Gasteiger partial charge is 0.369 e. The van der Waals surface area contributed by atoms with E-state index in [9.17, 15) is 18.0 Å². The molecule has 1 aliphatic rings. The van der Waals surface area contributed by atoms with Crippen LogP contribution >= 0.6 is 0 Å². The molecular formula is C21H25N3O4S. The summed E-state index contributed by atoms with van der Waals surface area (Å²) < 4.78 is 28.2. The monoisotopic (exact) mass is 415 g/mol. The third kappa shape index (κ3) is 5.42. The van der Waals surface area contributed by atoms with Crippen LogP contribution in [0.2, 0.25) is 0 Å². The normalized spacial score (nSPS) is 16.3. The number of primary amides is 1. The number of nitrogens with two attached hydrogens (primary N) is 1. The van der Waals surface area contributed by atoms with Crippen LogP contribution in [0.4, 0.5) is 0 Å². The minimum absolute atomic E-state index is 0.110. The molecule has 0 saturated carbocycles. The summed E-state index contributed by atoms with van der Waals surface area (Å²) in [5.41, 5.74) is 6.22. The molecule has 2 amide bonds. The number of benzene rings is 2. The van der Waals surface area contributed by atoms with Crippen molar-refractivity contribution in [3.63, 3.8) is 0 Å². The van der Waals surface area contributed by atoms with E-state index < -0.39 is 16.1 Å². The Kier molecular flexibility index (Phi) is 6.66. The lowest BCUT2D eigenvalue weighted by molar-refractivity contribution is -0.136. The predicted molar refractivity (Wildman–Crippen MR) is 109 cm³/mol. The topological polar surface area (TPSA) is 110 Å². The van der Waals surface area contributed by atoms with Gasteiger partial charge in [0.15, 0.2) is 0 Å². The SMILES string of the molecule is NC(=O)C1CCN(C(=O)[C@@H](Cc2ccccc2)NS(=O)(=O)c2ccccc2)CC1. The first-order valence-corrected chi connectivity index (χ1v) is 11.0. The summed E-state index contributed by atoms with van der Waals surface area (Å²) in [6.45, 7) is 0.760. The van der Waals surface area contributed by atoms with Gasteiger partial charge in [0.1, 0.15) is 6.04 Å². The molecule has 3 N–H and O–H groups in total. The van der Waals surface area contributed by atoms with Gasteiger partial charge in [-0.2, -0.15) is 4.72 Å². The lowest BCUT2D eigenvalue weighted by Crippen LogP contribution is -2.52. The third-order valence-electron chi connectivity index (χ3n) is 5.14. The highest BCUT2D eigenvalue weighted by Gasteiger charge is 2.32. The molecule has 2 aromatic rings. The van der Waals surface area contributed by atoms with E-state index in [1.165, 1.54) is 12.1 Å². The molecule has 29 heavy (non-hydrogen) atoms. The average molecular weight is 416 g/mol. The Morgan fingerprint density at radius 3 is 2.10 bits per heavy atom. The first kappa shape index (κ1) is 21.0. The van der Waals surface area contributed by atoms with E-state index >= 15 is 0 Å². The molecule has 3 rings (SSSR count). The van der Waals surface area contributed by atoms with Crippen molar-refractivity contribution in [1.82, 2.24) is 9.62 Å². The number of carbonyl (C=O) groups is 2. The van der Waals surface area contributed by atoms with Gasteiger partial charge in [-0.25, -0.2) is 8.42 Å². The van der Waals surface area contributed by atoms with Crippen molar-refractivity contribution >= 4 is 21.8 Å². The van der Waals surface area contributed by atoms with Gasteiger partial charge in [0.05, 0.1) is 4.90 Å². The van der Waals surface area contributed by atoms with Gasteiger partial charge in [0.25, 0.3) is 0 Å². The number of nitrogens with zero attached hydrogens (tertiary/aromatic N) is 1. The predicted octanol–water partition coefficient (Wildman–Crippen LogP) is 1.30. The zero-order chi connectivity index (χ0) is 20.9. The maximum atomic E-state index is 13.2. The van der Waals surface area contributed by atoms with Gasteiger partial charge in [-0.15, -0.1) is 0 Å². The first-order chi connectivity index (χ1) is 13.9. The van der Waals surface area contributed by atoms with Gasteiger partial charge < -0.3 is 10.6 Å². The van der Waals surface area contributed by atoms with Crippen molar-refractivity contribution in [2.45, 2.75) is 30.2 Å². The Balaban J connectivity index is 1.79. The fourth-order valence-corrected chi connectivity index (χ4v) is 4.70. The van der Waals surface area contributed by atoms with Crippen molar-refractivity contribution in [3.05, 3.63) is 66.2 Å². The zero-order valence-corrected chi connectivity index (χ0v) is 16.8. The number of nitrogens with one attached hydrogen (secondary N) is 1. The summed E-state index contributed by atoms with van der Waals surface area (Å²) in [7, 11) is -3.86. The quantitative estimate of drug-likeness (QED) is 0.710. The lowest BCUT2D eigenvalue weighted by Gasteiger charge is -2.33. The van der Waals surface area contributed by atoms with Crippen molar-refractivity contribution < 1.29 is 18.0 Å². The minimum Gasteiger partial charge on any atom is -0.369 e. The molecule has 1 heterocycles. The second kappa shape index (κ2) is 9.19. The van der Waals surface area contributed by atoms with E-state index in [-0.39, 0.29) is 29.0 Å². The molecule has 0 spiro atoms. The third-order valence-corrected chi connectivity index (χ3v) is 6.63. The molecule has 154 valence electrons. The number of piperidine rings is 1. The van der Waals surface area contributed by atoms with Crippen LogP contribution in [0.5, 0.6) is 0 Å². The Bertz CT molecular complexity index is 940. The number of amides is 2. The molecule has 1 saturated heterocycles. The second-order valence-electron chi connectivity index (χ2n) is 7.18. The highest BCUT2D eigenvalue weighted by Crippen LogP contribution is 2.19. The van der Waals surface area contributed by atoms with Crippen LogP contribution in [0.25, 0.3) is 0 Å². The van der Waals surface area contributed by atoms with E-state index in [1.807, 2.05) is 30.3 Å². The van der Waals surface area contributed by atoms with Gasteiger partial charge in [0, 0.05) is 19.0 Å². The standard InChI is InChI=1S/C21H25N3O4S/c22-20(25)17-11-13-24(14-12-17)21(26)19(15-16-7-3-1-4-8-16)23-29(27,28)18-9-5-2-6-10-18/h1-10,17,19,23H,11-15H2,(H2,22,25)/t19-/m1/s1. The number of hydrogen-bond acceptors (Lipinski definition) is 4. The van der Waals surface area contributed by atoms with Crippen LogP contribution in [0.3, 0.4) is 0 Å². The minimum atomic E-state index is -3.86. The molecule has 0 unspecified atom stereocenters.